The Morgan fingerprint density at radius 1 is 1.04 bits per heavy atom. The van der Waals surface area contributed by atoms with E-state index in [1.165, 1.54) is 0 Å². The number of ether oxygens (including phenoxy) is 2. The van der Waals surface area contributed by atoms with E-state index in [1.807, 2.05) is 54.3 Å². The predicted octanol–water partition coefficient (Wildman–Crippen LogP) is 3.51. The zero-order valence-electron chi connectivity index (χ0n) is 13.3. The molecule has 0 fully saturated rings. The van der Waals surface area contributed by atoms with Gasteiger partial charge in [-0.1, -0.05) is 30.3 Å². The number of hydrogen-bond donors (Lipinski definition) is 0. The minimum Gasteiger partial charge on any atom is -0.490 e. The summed E-state index contributed by atoms with van der Waals surface area (Å²) in [5.41, 5.74) is 1.75. The van der Waals surface area contributed by atoms with E-state index in [0.717, 1.165) is 12.0 Å². The molecule has 1 heterocycles. The summed E-state index contributed by atoms with van der Waals surface area (Å²) in [4.78, 5) is 14.6. The number of fused-ring (bicyclic) bond motifs is 1. The Labute approximate surface area is 136 Å². The molecule has 3 rings (SSSR count). The van der Waals surface area contributed by atoms with E-state index in [-0.39, 0.29) is 5.91 Å². The summed E-state index contributed by atoms with van der Waals surface area (Å²) >= 11 is 0. The second-order valence-corrected chi connectivity index (χ2v) is 5.52. The fourth-order valence-electron chi connectivity index (χ4n) is 2.61. The number of carbonyl (C=O) groups excluding carboxylic acids is 1. The molecule has 4 nitrogen and oxygen atoms in total. The minimum absolute atomic E-state index is 0.00648. The molecule has 0 saturated carbocycles. The smallest absolute Gasteiger partial charge is 0.254 e. The van der Waals surface area contributed by atoms with E-state index in [1.54, 1.807) is 6.07 Å². The maximum atomic E-state index is 12.8. The van der Waals surface area contributed by atoms with E-state index in [4.69, 9.17) is 9.47 Å². The van der Waals surface area contributed by atoms with Gasteiger partial charge in [-0.15, -0.1) is 0 Å². The predicted molar refractivity (Wildman–Crippen MR) is 88.9 cm³/mol. The quantitative estimate of drug-likeness (QED) is 0.867. The second-order valence-electron chi connectivity index (χ2n) is 5.52. The van der Waals surface area contributed by atoms with Crippen molar-refractivity contribution in [2.75, 3.05) is 19.8 Å². The Morgan fingerprint density at radius 3 is 2.52 bits per heavy atom. The zero-order valence-corrected chi connectivity index (χ0v) is 13.3. The maximum Gasteiger partial charge on any atom is 0.254 e. The van der Waals surface area contributed by atoms with Crippen molar-refractivity contribution in [2.45, 2.75) is 19.9 Å². The summed E-state index contributed by atoms with van der Waals surface area (Å²) < 4.78 is 11.3. The first-order valence-corrected chi connectivity index (χ1v) is 8.01. The molecule has 4 heteroatoms. The third-order valence-corrected chi connectivity index (χ3v) is 3.88. The molecule has 0 saturated heterocycles. The topological polar surface area (TPSA) is 38.8 Å². The largest absolute Gasteiger partial charge is 0.490 e. The Balaban J connectivity index is 1.79. The average Bonchev–Trinajstić information content (AvgIpc) is 2.84. The summed E-state index contributed by atoms with van der Waals surface area (Å²) in [5.74, 6) is 1.38. The van der Waals surface area contributed by atoms with Gasteiger partial charge < -0.3 is 14.4 Å². The molecular weight excluding hydrogens is 290 g/mol. The number of amides is 1. The molecule has 0 aliphatic carbocycles. The molecule has 0 atom stereocenters. The number of hydrogen-bond acceptors (Lipinski definition) is 3. The molecule has 23 heavy (non-hydrogen) atoms. The van der Waals surface area contributed by atoms with Crippen molar-refractivity contribution in [1.29, 1.82) is 0 Å². The molecule has 0 unspecified atom stereocenters. The molecule has 1 aliphatic rings. The van der Waals surface area contributed by atoms with Crippen LogP contribution in [0.1, 0.15) is 29.3 Å². The van der Waals surface area contributed by atoms with Crippen LogP contribution >= 0.6 is 0 Å². The molecule has 0 radical (unpaired) electrons. The highest BCUT2D eigenvalue weighted by atomic mass is 16.5. The van der Waals surface area contributed by atoms with Crippen molar-refractivity contribution in [3.63, 3.8) is 0 Å². The van der Waals surface area contributed by atoms with Crippen LogP contribution < -0.4 is 9.47 Å². The van der Waals surface area contributed by atoms with Gasteiger partial charge in [0.25, 0.3) is 5.91 Å². The first kappa shape index (κ1) is 15.4. The highest BCUT2D eigenvalue weighted by Crippen LogP contribution is 2.30. The Hall–Kier alpha value is -2.49. The van der Waals surface area contributed by atoms with Crippen molar-refractivity contribution < 1.29 is 14.3 Å². The lowest BCUT2D eigenvalue weighted by molar-refractivity contribution is 0.0752. The standard InChI is InChI=1S/C19H21NO3/c1-2-20(14-15-7-4-3-5-8-15)19(21)16-9-10-17-18(13-16)23-12-6-11-22-17/h3-5,7-10,13H,2,6,11-12,14H2,1H3. The number of nitrogens with zero attached hydrogens (tertiary/aromatic N) is 1. The van der Waals surface area contributed by atoms with E-state index >= 15 is 0 Å². The fourth-order valence-corrected chi connectivity index (χ4v) is 2.61. The second kappa shape index (κ2) is 7.18. The maximum absolute atomic E-state index is 12.8. The normalized spacial score (nSPS) is 13.3. The zero-order chi connectivity index (χ0) is 16.1. The molecule has 0 aromatic heterocycles. The van der Waals surface area contributed by atoms with Crippen molar-refractivity contribution in [3.05, 3.63) is 59.7 Å². The SMILES string of the molecule is CCN(Cc1ccccc1)C(=O)c1ccc2c(c1)OCCCO2. The monoisotopic (exact) mass is 311 g/mol. The number of carbonyl (C=O) groups is 1. The van der Waals surface area contributed by atoms with Gasteiger partial charge in [0.2, 0.25) is 0 Å². The third-order valence-electron chi connectivity index (χ3n) is 3.88. The van der Waals surface area contributed by atoms with Crippen LogP contribution in [0.2, 0.25) is 0 Å². The van der Waals surface area contributed by atoms with Crippen LogP contribution in [0, 0.1) is 0 Å². The van der Waals surface area contributed by atoms with Gasteiger partial charge in [-0.3, -0.25) is 4.79 Å². The van der Waals surface area contributed by atoms with E-state index in [9.17, 15) is 4.79 Å². The molecular formula is C19H21NO3. The van der Waals surface area contributed by atoms with Gasteiger partial charge >= 0.3 is 0 Å². The Bertz CT molecular complexity index is 670. The summed E-state index contributed by atoms with van der Waals surface area (Å²) in [5, 5.41) is 0. The van der Waals surface area contributed by atoms with E-state index < -0.39 is 0 Å². The van der Waals surface area contributed by atoms with Crippen LogP contribution in [-0.2, 0) is 6.54 Å². The van der Waals surface area contributed by atoms with Gasteiger partial charge in [-0.25, -0.2) is 0 Å². The third kappa shape index (κ3) is 3.65. The molecule has 1 amide bonds. The van der Waals surface area contributed by atoms with E-state index in [2.05, 4.69) is 0 Å². The molecule has 1 aliphatic heterocycles. The van der Waals surface area contributed by atoms with Gasteiger partial charge in [0.1, 0.15) is 0 Å². The lowest BCUT2D eigenvalue weighted by atomic mass is 10.1. The van der Waals surface area contributed by atoms with Crippen LogP contribution in [0.4, 0.5) is 0 Å². The highest BCUT2D eigenvalue weighted by molar-refractivity contribution is 5.94. The molecule has 2 aromatic carbocycles. The summed E-state index contributed by atoms with van der Waals surface area (Å²) in [6.45, 7) is 4.51. The van der Waals surface area contributed by atoms with Crippen LogP contribution in [-0.4, -0.2) is 30.6 Å². The van der Waals surface area contributed by atoms with Crippen LogP contribution in [0.15, 0.2) is 48.5 Å². The minimum atomic E-state index is 0.00648. The molecule has 0 N–H and O–H groups in total. The van der Waals surface area contributed by atoms with Crippen LogP contribution in [0.5, 0.6) is 11.5 Å². The van der Waals surface area contributed by atoms with Crippen LogP contribution in [0.25, 0.3) is 0 Å². The Kier molecular flexibility index (Phi) is 4.81. The first-order chi connectivity index (χ1) is 11.3. The number of rotatable bonds is 4. The molecule has 0 bridgehead atoms. The van der Waals surface area contributed by atoms with Gasteiger partial charge in [-0.05, 0) is 30.7 Å². The van der Waals surface area contributed by atoms with Gasteiger partial charge in [-0.2, -0.15) is 0 Å². The van der Waals surface area contributed by atoms with Gasteiger partial charge in [0.05, 0.1) is 13.2 Å². The Morgan fingerprint density at radius 2 is 1.78 bits per heavy atom. The molecule has 0 spiro atoms. The summed E-state index contributed by atoms with van der Waals surface area (Å²) in [6, 6.07) is 15.4. The fraction of sp³-hybridized carbons (Fsp3) is 0.316. The van der Waals surface area contributed by atoms with Gasteiger partial charge in [0.15, 0.2) is 11.5 Å². The van der Waals surface area contributed by atoms with Crippen LogP contribution in [0.3, 0.4) is 0 Å². The molecule has 120 valence electrons. The average molecular weight is 311 g/mol. The van der Waals surface area contributed by atoms with Crippen molar-refractivity contribution in [2.24, 2.45) is 0 Å². The number of benzene rings is 2. The summed E-state index contributed by atoms with van der Waals surface area (Å²) in [7, 11) is 0. The lowest BCUT2D eigenvalue weighted by Gasteiger charge is -2.21. The van der Waals surface area contributed by atoms with Crippen molar-refractivity contribution >= 4 is 5.91 Å². The summed E-state index contributed by atoms with van der Waals surface area (Å²) in [6.07, 6.45) is 0.854. The first-order valence-electron chi connectivity index (χ1n) is 8.01. The lowest BCUT2D eigenvalue weighted by Crippen LogP contribution is -2.30. The van der Waals surface area contributed by atoms with Crippen molar-refractivity contribution in [3.8, 4) is 11.5 Å². The van der Waals surface area contributed by atoms with Crippen molar-refractivity contribution in [1.82, 2.24) is 4.90 Å². The van der Waals surface area contributed by atoms with E-state index in [0.29, 0.717) is 43.4 Å². The highest BCUT2D eigenvalue weighted by Gasteiger charge is 2.18. The molecule has 2 aromatic rings. The van der Waals surface area contributed by atoms with Gasteiger partial charge in [0, 0.05) is 25.1 Å².